The van der Waals surface area contributed by atoms with Crippen LogP contribution < -0.4 is 0 Å². The molecule has 2 heteroatoms. The van der Waals surface area contributed by atoms with Gasteiger partial charge in [0.2, 0.25) is 0 Å². The van der Waals surface area contributed by atoms with Crippen molar-refractivity contribution >= 4 is 0 Å². The molecule has 17 heavy (non-hydrogen) atoms. The lowest BCUT2D eigenvalue weighted by atomic mass is 9.73. The Morgan fingerprint density at radius 3 is 2.47 bits per heavy atom. The molecule has 1 heterocycles. The Hall–Kier alpha value is -0.0800. The summed E-state index contributed by atoms with van der Waals surface area (Å²) in [6.07, 6.45) is 4.84. The fraction of sp³-hybridized carbons (Fsp3) is 1.00. The van der Waals surface area contributed by atoms with Crippen LogP contribution in [0.5, 0.6) is 0 Å². The molecule has 0 aromatic rings. The molecule has 4 unspecified atom stereocenters. The molecule has 0 aromatic heterocycles. The monoisotopic (exact) mass is 239 g/mol. The Labute approximate surface area is 106 Å². The van der Waals surface area contributed by atoms with E-state index in [9.17, 15) is 5.11 Å². The molecular weight excluding hydrogens is 210 g/mol. The summed E-state index contributed by atoms with van der Waals surface area (Å²) in [5, 5.41) is 10.3. The Morgan fingerprint density at radius 1 is 1.24 bits per heavy atom. The average molecular weight is 239 g/mol. The smallest absolute Gasteiger partial charge is 0.0585 e. The highest BCUT2D eigenvalue weighted by atomic mass is 16.3. The van der Waals surface area contributed by atoms with Crippen LogP contribution in [0.3, 0.4) is 0 Å². The van der Waals surface area contributed by atoms with Crippen molar-refractivity contribution < 1.29 is 5.11 Å². The van der Waals surface area contributed by atoms with Crippen LogP contribution in [0.4, 0.5) is 0 Å². The molecule has 1 aliphatic carbocycles. The van der Waals surface area contributed by atoms with E-state index in [2.05, 4.69) is 32.6 Å². The summed E-state index contributed by atoms with van der Waals surface area (Å²) >= 11 is 0. The van der Waals surface area contributed by atoms with Gasteiger partial charge < -0.3 is 5.11 Å². The SMILES string of the molecule is CC1CC(C)C(CN2CCCC2(C)C)C(O)C1. The lowest BCUT2D eigenvalue weighted by Crippen LogP contribution is -2.47. The molecule has 2 nitrogen and oxygen atoms in total. The average Bonchev–Trinajstić information content (AvgIpc) is 2.51. The van der Waals surface area contributed by atoms with Gasteiger partial charge in [-0.05, 0) is 57.9 Å². The highest BCUT2D eigenvalue weighted by Crippen LogP contribution is 2.37. The maximum Gasteiger partial charge on any atom is 0.0585 e. The molecule has 0 radical (unpaired) electrons. The van der Waals surface area contributed by atoms with Crippen molar-refractivity contribution in [2.75, 3.05) is 13.1 Å². The number of aliphatic hydroxyl groups is 1. The van der Waals surface area contributed by atoms with Crippen molar-refractivity contribution in [1.29, 1.82) is 0 Å². The number of hydrogen-bond donors (Lipinski definition) is 1. The normalized spacial score (nSPS) is 42.9. The molecule has 1 aliphatic heterocycles. The third-order valence-electron chi connectivity index (χ3n) is 5.15. The van der Waals surface area contributed by atoms with Crippen molar-refractivity contribution in [1.82, 2.24) is 4.90 Å². The summed E-state index contributed by atoms with van der Waals surface area (Å²) in [5.41, 5.74) is 0.350. The second kappa shape index (κ2) is 4.89. The number of aliphatic hydroxyl groups excluding tert-OH is 1. The van der Waals surface area contributed by atoms with Gasteiger partial charge >= 0.3 is 0 Å². The number of rotatable bonds is 2. The summed E-state index contributed by atoms with van der Waals surface area (Å²) < 4.78 is 0. The van der Waals surface area contributed by atoms with E-state index >= 15 is 0 Å². The molecular formula is C15H29NO. The Kier molecular flexibility index (Phi) is 3.84. The number of nitrogens with zero attached hydrogens (tertiary/aromatic N) is 1. The minimum absolute atomic E-state index is 0.0786. The molecule has 0 bridgehead atoms. The zero-order valence-corrected chi connectivity index (χ0v) is 11.9. The zero-order chi connectivity index (χ0) is 12.6. The van der Waals surface area contributed by atoms with Gasteiger partial charge in [-0.1, -0.05) is 13.8 Å². The second-order valence-electron chi connectivity index (χ2n) is 7.15. The first-order valence-electron chi connectivity index (χ1n) is 7.33. The molecule has 2 aliphatic rings. The largest absolute Gasteiger partial charge is 0.393 e. The summed E-state index contributed by atoms with van der Waals surface area (Å²) in [5.74, 6) is 1.86. The van der Waals surface area contributed by atoms with Crippen molar-refractivity contribution in [3.05, 3.63) is 0 Å². The van der Waals surface area contributed by atoms with Gasteiger partial charge in [-0.15, -0.1) is 0 Å². The summed E-state index contributed by atoms with van der Waals surface area (Å²) in [4.78, 5) is 2.60. The molecule has 4 atom stereocenters. The quantitative estimate of drug-likeness (QED) is 0.801. The topological polar surface area (TPSA) is 23.5 Å². The molecule has 0 amide bonds. The summed E-state index contributed by atoms with van der Waals surface area (Å²) in [6, 6.07) is 0. The molecule has 2 rings (SSSR count). The molecule has 100 valence electrons. The Bertz CT molecular complexity index is 252. The molecule has 1 N–H and O–H groups in total. The van der Waals surface area contributed by atoms with E-state index in [-0.39, 0.29) is 6.10 Å². The van der Waals surface area contributed by atoms with Crippen LogP contribution in [0, 0.1) is 17.8 Å². The van der Waals surface area contributed by atoms with Gasteiger partial charge in [0.25, 0.3) is 0 Å². The van der Waals surface area contributed by atoms with Crippen molar-refractivity contribution in [2.24, 2.45) is 17.8 Å². The first-order valence-corrected chi connectivity index (χ1v) is 7.33. The van der Waals surface area contributed by atoms with Crippen LogP contribution in [0.15, 0.2) is 0 Å². The lowest BCUT2D eigenvalue weighted by molar-refractivity contribution is -0.0115. The first kappa shape index (κ1) is 13.4. The molecule has 1 saturated carbocycles. The van der Waals surface area contributed by atoms with Crippen LogP contribution in [-0.2, 0) is 0 Å². The van der Waals surface area contributed by atoms with Crippen LogP contribution in [0.2, 0.25) is 0 Å². The Balaban J connectivity index is 1.98. The van der Waals surface area contributed by atoms with Gasteiger partial charge in [-0.25, -0.2) is 0 Å². The van der Waals surface area contributed by atoms with Crippen molar-refractivity contribution in [3.63, 3.8) is 0 Å². The second-order valence-corrected chi connectivity index (χ2v) is 7.15. The van der Waals surface area contributed by atoms with E-state index in [1.54, 1.807) is 0 Å². The van der Waals surface area contributed by atoms with Gasteiger partial charge in [-0.3, -0.25) is 4.90 Å². The van der Waals surface area contributed by atoms with E-state index in [4.69, 9.17) is 0 Å². The summed E-state index contributed by atoms with van der Waals surface area (Å²) in [7, 11) is 0. The molecule has 0 aromatic carbocycles. The van der Waals surface area contributed by atoms with Crippen LogP contribution >= 0.6 is 0 Å². The third-order valence-corrected chi connectivity index (χ3v) is 5.15. The fourth-order valence-electron chi connectivity index (χ4n) is 3.93. The van der Waals surface area contributed by atoms with Crippen LogP contribution in [0.1, 0.15) is 53.4 Å². The van der Waals surface area contributed by atoms with E-state index in [1.807, 2.05) is 0 Å². The highest BCUT2D eigenvalue weighted by Gasteiger charge is 2.38. The minimum Gasteiger partial charge on any atom is -0.393 e. The van der Waals surface area contributed by atoms with Crippen LogP contribution in [0.25, 0.3) is 0 Å². The number of hydrogen-bond acceptors (Lipinski definition) is 2. The van der Waals surface area contributed by atoms with E-state index in [0.29, 0.717) is 23.3 Å². The maximum absolute atomic E-state index is 10.3. The predicted octanol–water partition coefficient (Wildman–Crippen LogP) is 2.90. The van der Waals surface area contributed by atoms with E-state index < -0.39 is 0 Å². The highest BCUT2D eigenvalue weighted by molar-refractivity contribution is 4.92. The zero-order valence-electron chi connectivity index (χ0n) is 11.9. The van der Waals surface area contributed by atoms with E-state index in [1.165, 1.54) is 25.8 Å². The van der Waals surface area contributed by atoms with E-state index in [0.717, 1.165) is 13.0 Å². The fourth-order valence-corrected chi connectivity index (χ4v) is 3.93. The minimum atomic E-state index is -0.0786. The predicted molar refractivity (Wildman–Crippen MR) is 71.9 cm³/mol. The molecule has 1 saturated heterocycles. The standard InChI is InChI=1S/C15H29NO/c1-11-8-12(2)13(14(17)9-11)10-16-7-5-6-15(16,3)4/h11-14,17H,5-10H2,1-4H3. The molecule has 0 spiro atoms. The third kappa shape index (κ3) is 2.85. The van der Waals surface area contributed by atoms with Crippen LogP contribution in [-0.4, -0.2) is 34.7 Å². The van der Waals surface area contributed by atoms with Gasteiger partial charge in [0.15, 0.2) is 0 Å². The van der Waals surface area contributed by atoms with Gasteiger partial charge in [0.05, 0.1) is 6.10 Å². The number of likely N-dealkylation sites (tertiary alicyclic amines) is 1. The molecule has 2 fully saturated rings. The van der Waals surface area contributed by atoms with Gasteiger partial charge in [-0.2, -0.15) is 0 Å². The van der Waals surface area contributed by atoms with Gasteiger partial charge in [0.1, 0.15) is 0 Å². The maximum atomic E-state index is 10.3. The lowest BCUT2D eigenvalue weighted by Gasteiger charge is -2.42. The van der Waals surface area contributed by atoms with Crippen molar-refractivity contribution in [3.8, 4) is 0 Å². The van der Waals surface area contributed by atoms with Gasteiger partial charge in [0, 0.05) is 18.0 Å². The van der Waals surface area contributed by atoms with Crippen molar-refractivity contribution in [2.45, 2.75) is 65.0 Å². The first-order chi connectivity index (χ1) is 7.90. The Morgan fingerprint density at radius 2 is 1.94 bits per heavy atom. The summed E-state index contributed by atoms with van der Waals surface area (Å²) in [6.45, 7) is 11.6.